The predicted molar refractivity (Wildman–Crippen MR) is 117 cm³/mol. The van der Waals surface area contributed by atoms with Crippen LogP contribution < -0.4 is 0 Å². The van der Waals surface area contributed by atoms with Crippen molar-refractivity contribution in [2.24, 2.45) is 0 Å². The zero-order chi connectivity index (χ0) is 21.2. The second-order valence-electron chi connectivity index (χ2n) is 8.05. The number of fused-ring (bicyclic) bond motifs is 1. The van der Waals surface area contributed by atoms with Crippen molar-refractivity contribution in [1.29, 1.82) is 0 Å². The third-order valence-electron chi connectivity index (χ3n) is 5.99. The Bertz CT molecular complexity index is 1170. The lowest BCUT2D eigenvalue weighted by molar-refractivity contribution is 0.179. The molecule has 6 heteroatoms. The van der Waals surface area contributed by atoms with Gasteiger partial charge >= 0.3 is 0 Å². The van der Waals surface area contributed by atoms with Crippen LogP contribution >= 0.6 is 0 Å². The molecule has 1 atom stereocenters. The number of aromatic nitrogens is 3. The molecule has 0 bridgehead atoms. The van der Waals surface area contributed by atoms with Crippen LogP contribution in [0.1, 0.15) is 35.2 Å². The summed E-state index contributed by atoms with van der Waals surface area (Å²) >= 11 is 0. The normalized spacial score (nSPS) is 16.4. The summed E-state index contributed by atoms with van der Waals surface area (Å²) in [4.78, 5) is 7.00. The zero-order valence-corrected chi connectivity index (χ0v) is 17.5. The zero-order valence-electron chi connectivity index (χ0n) is 17.5. The maximum atomic E-state index is 13.8. The van der Waals surface area contributed by atoms with Crippen molar-refractivity contribution < 1.29 is 8.91 Å². The van der Waals surface area contributed by atoms with E-state index in [4.69, 9.17) is 4.52 Å². The van der Waals surface area contributed by atoms with Gasteiger partial charge in [-0.25, -0.2) is 4.39 Å². The first-order valence-electron chi connectivity index (χ1n) is 10.7. The van der Waals surface area contributed by atoms with Crippen LogP contribution in [0.5, 0.6) is 0 Å². The summed E-state index contributed by atoms with van der Waals surface area (Å²) < 4.78 is 21.6. The van der Waals surface area contributed by atoms with E-state index in [1.807, 2.05) is 6.07 Å². The minimum Gasteiger partial charge on any atom is -0.348 e. The van der Waals surface area contributed by atoms with E-state index in [-0.39, 0.29) is 11.9 Å². The molecule has 5 nitrogen and oxygen atoms in total. The van der Waals surface area contributed by atoms with E-state index in [0.717, 1.165) is 26.1 Å². The number of rotatable bonds is 6. The molecule has 158 valence electrons. The third-order valence-corrected chi connectivity index (χ3v) is 5.99. The number of hydrogen-bond acceptors (Lipinski definition) is 4. The lowest BCUT2D eigenvalue weighted by Gasteiger charge is -2.37. The first-order valence-corrected chi connectivity index (χ1v) is 10.7. The average molecular weight is 417 g/mol. The molecule has 0 amide bonds. The van der Waals surface area contributed by atoms with Gasteiger partial charge in [0, 0.05) is 37.0 Å². The van der Waals surface area contributed by atoms with Crippen molar-refractivity contribution in [3.05, 3.63) is 95.4 Å². The molecule has 0 aliphatic carbocycles. The summed E-state index contributed by atoms with van der Waals surface area (Å²) in [5.41, 5.74) is 3.88. The van der Waals surface area contributed by atoms with Crippen LogP contribution in [-0.2, 0) is 13.0 Å². The predicted octanol–water partition coefficient (Wildman–Crippen LogP) is 5.02. The quantitative estimate of drug-likeness (QED) is 0.443. The molecule has 0 spiro atoms. The SMILES string of the molecule is Cc1ccc(-c2noc(CCCN3CCn4cccc4C3c3ccccc3)n2)cc1F. The Morgan fingerprint density at radius 3 is 2.77 bits per heavy atom. The molecule has 4 aromatic rings. The van der Waals surface area contributed by atoms with Crippen LogP contribution in [0.3, 0.4) is 0 Å². The molecule has 0 radical (unpaired) electrons. The van der Waals surface area contributed by atoms with Gasteiger partial charge < -0.3 is 9.09 Å². The molecule has 1 unspecified atom stereocenters. The van der Waals surface area contributed by atoms with Crippen molar-refractivity contribution in [3.63, 3.8) is 0 Å². The number of hydrogen-bond donors (Lipinski definition) is 0. The molecule has 0 fully saturated rings. The fourth-order valence-electron chi connectivity index (χ4n) is 4.33. The summed E-state index contributed by atoms with van der Waals surface area (Å²) in [7, 11) is 0. The van der Waals surface area contributed by atoms with Gasteiger partial charge in [-0.05, 0) is 49.2 Å². The van der Waals surface area contributed by atoms with Gasteiger partial charge in [-0.1, -0.05) is 47.6 Å². The van der Waals surface area contributed by atoms with Crippen molar-refractivity contribution in [2.45, 2.75) is 32.4 Å². The van der Waals surface area contributed by atoms with E-state index < -0.39 is 0 Å². The van der Waals surface area contributed by atoms with E-state index in [9.17, 15) is 4.39 Å². The molecule has 2 aromatic heterocycles. The first kappa shape index (κ1) is 19.7. The highest BCUT2D eigenvalue weighted by Gasteiger charge is 2.28. The number of benzene rings is 2. The smallest absolute Gasteiger partial charge is 0.227 e. The van der Waals surface area contributed by atoms with Crippen LogP contribution in [0.15, 0.2) is 71.4 Å². The second-order valence-corrected chi connectivity index (χ2v) is 8.05. The molecule has 5 rings (SSSR count). The van der Waals surface area contributed by atoms with Gasteiger partial charge in [0.15, 0.2) is 0 Å². The Kier molecular flexibility index (Phi) is 5.38. The van der Waals surface area contributed by atoms with Gasteiger partial charge in [0.25, 0.3) is 0 Å². The van der Waals surface area contributed by atoms with E-state index in [2.05, 4.69) is 68.3 Å². The topological polar surface area (TPSA) is 47.1 Å². The monoisotopic (exact) mass is 416 g/mol. The number of nitrogens with zero attached hydrogens (tertiary/aromatic N) is 4. The van der Waals surface area contributed by atoms with Crippen molar-refractivity contribution in [3.8, 4) is 11.4 Å². The highest BCUT2D eigenvalue weighted by molar-refractivity contribution is 5.54. The van der Waals surface area contributed by atoms with E-state index in [1.54, 1.807) is 13.0 Å². The van der Waals surface area contributed by atoms with Gasteiger partial charge in [0.1, 0.15) is 5.82 Å². The number of aryl methyl sites for hydroxylation is 2. The largest absolute Gasteiger partial charge is 0.348 e. The second kappa shape index (κ2) is 8.47. The van der Waals surface area contributed by atoms with E-state index >= 15 is 0 Å². The minimum atomic E-state index is -0.259. The van der Waals surface area contributed by atoms with Crippen LogP contribution in [0, 0.1) is 12.7 Å². The summed E-state index contributed by atoms with van der Waals surface area (Å²) in [6.45, 7) is 4.66. The van der Waals surface area contributed by atoms with Crippen LogP contribution in [0.25, 0.3) is 11.4 Å². The van der Waals surface area contributed by atoms with E-state index in [0.29, 0.717) is 29.3 Å². The molecule has 0 saturated carbocycles. The van der Waals surface area contributed by atoms with Crippen LogP contribution in [0.4, 0.5) is 4.39 Å². The highest BCUT2D eigenvalue weighted by atomic mass is 19.1. The molecular formula is C25H25FN4O. The molecule has 0 N–H and O–H groups in total. The van der Waals surface area contributed by atoms with Crippen LogP contribution in [0.2, 0.25) is 0 Å². The summed E-state index contributed by atoms with van der Waals surface area (Å²) in [5, 5.41) is 4.04. The van der Waals surface area contributed by atoms with Crippen molar-refractivity contribution >= 4 is 0 Å². The highest BCUT2D eigenvalue weighted by Crippen LogP contribution is 2.32. The van der Waals surface area contributed by atoms with Gasteiger partial charge in [-0.15, -0.1) is 0 Å². The fraction of sp³-hybridized carbons (Fsp3) is 0.280. The third kappa shape index (κ3) is 4.03. The standard InChI is InChI=1S/C25H25FN4O/c1-18-11-12-20(17-21(18)26)25-27-23(31-28-25)10-6-14-30-16-15-29-13-5-9-22(29)24(30)19-7-3-2-4-8-19/h2-5,7-9,11-13,17,24H,6,10,14-16H2,1H3. The lowest BCUT2D eigenvalue weighted by Crippen LogP contribution is -2.39. The fourth-order valence-corrected chi connectivity index (χ4v) is 4.33. The Balaban J connectivity index is 1.27. The molecule has 31 heavy (non-hydrogen) atoms. The molecular weight excluding hydrogens is 391 g/mol. The molecule has 1 aliphatic rings. The van der Waals surface area contributed by atoms with Crippen molar-refractivity contribution in [1.82, 2.24) is 19.6 Å². The average Bonchev–Trinajstić information content (AvgIpc) is 3.46. The molecule has 0 saturated heterocycles. The lowest BCUT2D eigenvalue weighted by atomic mass is 9.99. The number of halogens is 1. The maximum absolute atomic E-state index is 13.8. The summed E-state index contributed by atoms with van der Waals surface area (Å²) in [5.74, 6) is 0.769. The Hall–Kier alpha value is -3.25. The van der Waals surface area contributed by atoms with Gasteiger partial charge in [0.2, 0.25) is 11.7 Å². The Morgan fingerprint density at radius 2 is 1.94 bits per heavy atom. The Morgan fingerprint density at radius 1 is 1.06 bits per heavy atom. The van der Waals surface area contributed by atoms with Gasteiger partial charge in [-0.3, -0.25) is 4.90 Å². The Labute approximate surface area is 181 Å². The maximum Gasteiger partial charge on any atom is 0.227 e. The molecule has 3 heterocycles. The van der Waals surface area contributed by atoms with Crippen LogP contribution in [-0.4, -0.2) is 32.7 Å². The molecule has 1 aliphatic heterocycles. The first-order chi connectivity index (χ1) is 15.2. The minimum absolute atomic E-state index is 0.249. The summed E-state index contributed by atoms with van der Waals surface area (Å²) in [6, 6.07) is 20.3. The van der Waals surface area contributed by atoms with Gasteiger partial charge in [0.05, 0.1) is 6.04 Å². The van der Waals surface area contributed by atoms with Crippen molar-refractivity contribution in [2.75, 3.05) is 13.1 Å². The summed E-state index contributed by atoms with van der Waals surface area (Å²) in [6.07, 6.45) is 3.77. The van der Waals surface area contributed by atoms with Gasteiger partial charge in [-0.2, -0.15) is 4.98 Å². The molecule has 2 aromatic carbocycles. The van der Waals surface area contributed by atoms with E-state index in [1.165, 1.54) is 17.3 Å².